The number of aromatic nitrogens is 2. The van der Waals surface area contributed by atoms with Gasteiger partial charge in [0.25, 0.3) is 0 Å². The predicted molar refractivity (Wildman–Crippen MR) is 94.1 cm³/mol. The summed E-state index contributed by atoms with van der Waals surface area (Å²) in [4.78, 5) is 8.50. The van der Waals surface area contributed by atoms with E-state index in [1.807, 2.05) is 0 Å². The molecule has 0 saturated heterocycles. The molecule has 8 heteroatoms. The van der Waals surface area contributed by atoms with Gasteiger partial charge in [-0.25, -0.2) is 22.8 Å². The Bertz CT molecular complexity index is 1030. The molecular weight excluding hydrogens is 397 g/mol. The molecule has 0 aliphatic rings. The summed E-state index contributed by atoms with van der Waals surface area (Å²) in [7, 11) is -3.33. The van der Waals surface area contributed by atoms with E-state index in [9.17, 15) is 12.8 Å². The molecule has 3 rings (SSSR count). The number of sulfone groups is 1. The van der Waals surface area contributed by atoms with Gasteiger partial charge in [0.05, 0.1) is 10.4 Å². The molecule has 0 fully saturated rings. The maximum absolute atomic E-state index is 13.4. The fourth-order valence-electron chi connectivity index (χ4n) is 2.26. The number of anilines is 1. The lowest BCUT2D eigenvalue weighted by Crippen LogP contribution is -2.04. The molecule has 0 unspecified atom stereocenters. The Kier molecular flexibility index (Phi) is 4.51. The molecule has 0 amide bonds. The van der Waals surface area contributed by atoms with Gasteiger partial charge >= 0.3 is 0 Å². The van der Waals surface area contributed by atoms with Crippen LogP contribution in [0.4, 0.5) is 10.2 Å². The number of hydrogen-bond donors (Lipinski definition) is 1. The fourth-order valence-corrected chi connectivity index (χ4v) is 3.30. The number of nitrogens with one attached hydrogen (secondary N) is 1. The fraction of sp³-hybridized carbons (Fsp3) is 0.125. The highest BCUT2D eigenvalue weighted by Crippen LogP contribution is 2.24. The van der Waals surface area contributed by atoms with Crippen molar-refractivity contribution >= 4 is 42.5 Å². The van der Waals surface area contributed by atoms with E-state index in [0.29, 0.717) is 23.3 Å². The summed E-state index contributed by atoms with van der Waals surface area (Å²) >= 11 is 3.37. The van der Waals surface area contributed by atoms with Crippen molar-refractivity contribution in [1.29, 1.82) is 0 Å². The van der Waals surface area contributed by atoms with E-state index in [4.69, 9.17) is 0 Å². The second kappa shape index (κ2) is 6.45. The van der Waals surface area contributed by atoms with Gasteiger partial charge in [0, 0.05) is 22.7 Å². The predicted octanol–water partition coefficient (Wildman–Crippen LogP) is 3.55. The second-order valence-electron chi connectivity index (χ2n) is 5.26. The van der Waals surface area contributed by atoms with E-state index in [0.717, 1.165) is 16.3 Å². The van der Waals surface area contributed by atoms with Crippen LogP contribution in [0.15, 0.2) is 52.1 Å². The van der Waals surface area contributed by atoms with Crippen molar-refractivity contribution in [2.75, 3.05) is 11.6 Å². The number of nitrogens with zero attached hydrogens (tertiary/aromatic N) is 2. The molecular formula is C16H13BrFN3O2S. The molecule has 0 radical (unpaired) electrons. The van der Waals surface area contributed by atoms with Crippen LogP contribution in [0.2, 0.25) is 0 Å². The lowest BCUT2D eigenvalue weighted by atomic mass is 10.2. The Labute approximate surface area is 147 Å². The molecule has 0 aliphatic carbocycles. The maximum Gasteiger partial charge on any atom is 0.175 e. The topological polar surface area (TPSA) is 72.0 Å². The minimum Gasteiger partial charge on any atom is -0.365 e. The third-order valence-corrected chi connectivity index (χ3v) is 5.37. The van der Waals surface area contributed by atoms with E-state index in [1.165, 1.54) is 30.6 Å². The van der Waals surface area contributed by atoms with Crippen molar-refractivity contribution in [2.24, 2.45) is 0 Å². The highest BCUT2D eigenvalue weighted by Gasteiger charge is 2.11. The lowest BCUT2D eigenvalue weighted by Gasteiger charge is -2.10. The molecule has 2 aromatic carbocycles. The molecule has 0 bridgehead atoms. The van der Waals surface area contributed by atoms with Crippen LogP contribution in [0.1, 0.15) is 5.56 Å². The zero-order valence-corrected chi connectivity index (χ0v) is 15.0. The van der Waals surface area contributed by atoms with Gasteiger partial charge in [-0.15, -0.1) is 0 Å². The van der Waals surface area contributed by atoms with Crippen LogP contribution in [0.5, 0.6) is 0 Å². The van der Waals surface area contributed by atoms with Crippen LogP contribution < -0.4 is 5.32 Å². The first kappa shape index (κ1) is 16.8. The van der Waals surface area contributed by atoms with Gasteiger partial charge in [-0.3, -0.25) is 0 Å². The number of hydrogen-bond acceptors (Lipinski definition) is 5. The Morgan fingerprint density at radius 1 is 1.17 bits per heavy atom. The van der Waals surface area contributed by atoms with Gasteiger partial charge < -0.3 is 5.32 Å². The first-order chi connectivity index (χ1) is 11.3. The summed E-state index contributed by atoms with van der Waals surface area (Å²) in [6.45, 7) is 0.327. The van der Waals surface area contributed by atoms with Crippen molar-refractivity contribution in [3.05, 3.63) is 58.6 Å². The summed E-state index contributed by atoms with van der Waals surface area (Å²) < 4.78 is 37.6. The van der Waals surface area contributed by atoms with Gasteiger partial charge in [0.1, 0.15) is 18.0 Å². The SMILES string of the molecule is CS(=O)(=O)c1ccc2ncnc(NCc3cc(F)ccc3Br)c2c1. The largest absolute Gasteiger partial charge is 0.365 e. The summed E-state index contributed by atoms with van der Waals surface area (Å²) in [5.41, 5.74) is 1.35. The number of rotatable bonds is 4. The molecule has 1 N–H and O–H groups in total. The molecule has 1 heterocycles. The van der Waals surface area contributed by atoms with Crippen molar-refractivity contribution in [1.82, 2.24) is 9.97 Å². The molecule has 0 atom stereocenters. The minimum absolute atomic E-state index is 0.194. The Hall–Kier alpha value is -2.06. The quantitative estimate of drug-likeness (QED) is 0.713. The van der Waals surface area contributed by atoms with Crippen LogP contribution >= 0.6 is 15.9 Å². The van der Waals surface area contributed by atoms with E-state index in [2.05, 4.69) is 31.2 Å². The number of halogens is 2. The standard InChI is InChI=1S/C16H13BrFN3O2S/c1-24(22,23)12-3-5-15-13(7-12)16(21-9-20-15)19-8-10-6-11(18)2-4-14(10)17/h2-7,9H,8H2,1H3,(H,19,20,21). The number of benzene rings is 2. The summed E-state index contributed by atoms with van der Waals surface area (Å²) in [6.07, 6.45) is 2.54. The van der Waals surface area contributed by atoms with Crippen molar-refractivity contribution in [2.45, 2.75) is 11.4 Å². The van der Waals surface area contributed by atoms with Crippen LogP contribution in [0.3, 0.4) is 0 Å². The molecule has 0 aliphatic heterocycles. The Morgan fingerprint density at radius 3 is 2.71 bits per heavy atom. The second-order valence-corrected chi connectivity index (χ2v) is 8.13. The first-order valence-corrected chi connectivity index (χ1v) is 9.65. The van der Waals surface area contributed by atoms with Gasteiger partial charge in [0.2, 0.25) is 0 Å². The van der Waals surface area contributed by atoms with Gasteiger partial charge in [-0.1, -0.05) is 15.9 Å². The summed E-state index contributed by atoms with van der Waals surface area (Å²) in [6, 6.07) is 9.10. The molecule has 3 aromatic rings. The average Bonchev–Trinajstić information content (AvgIpc) is 2.54. The van der Waals surface area contributed by atoms with E-state index in [1.54, 1.807) is 12.1 Å². The highest BCUT2D eigenvalue weighted by molar-refractivity contribution is 9.10. The molecule has 0 saturated carbocycles. The van der Waals surface area contributed by atoms with Gasteiger partial charge in [-0.05, 0) is 42.0 Å². The van der Waals surface area contributed by atoms with Crippen LogP contribution in [-0.4, -0.2) is 24.6 Å². The monoisotopic (exact) mass is 409 g/mol. The van der Waals surface area contributed by atoms with Crippen molar-refractivity contribution in [3.63, 3.8) is 0 Å². The third-order valence-electron chi connectivity index (χ3n) is 3.49. The van der Waals surface area contributed by atoms with Gasteiger partial charge in [0.15, 0.2) is 9.84 Å². The van der Waals surface area contributed by atoms with Crippen molar-refractivity contribution in [3.8, 4) is 0 Å². The zero-order valence-electron chi connectivity index (χ0n) is 12.6. The smallest absolute Gasteiger partial charge is 0.175 e. The summed E-state index contributed by atoms with van der Waals surface area (Å²) in [5, 5.41) is 3.70. The molecule has 1 aromatic heterocycles. The van der Waals surface area contributed by atoms with Crippen LogP contribution in [0.25, 0.3) is 10.9 Å². The summed E-state index contributed by atoms with van der Waals surface area (Å²) in [5.74, 6) is 0.156. The maximum atomic E-state index is 13.4. The van der Waals surface area contributed by atoms with E-state index in [-0.39, 0.29) is 10.7 Å². The molecule has 5 nitrogen and oxygen atoms in total. The Balaban J connectivity index is 1.98. The molecule has 124 valence electrons. The van der Waals surface area contributed by atoms with Crippen molar-refractivity contribution < 1.29 is 12.8 Å². The van der Waals surface area contributed by atoms with Crippen LogP contribution in [-0.2, 0) is 16.4 Å². The number of fused-ring (bicyclic) bond motifs is 1. The van der Waals surface area contributed by atoms with Gasteiger partial charge in [-0.2, -0.15) is 0 Å². The third kappa shape index (κ3) is 3.54. The lowest BCUT2D eigenvalue weighted by molar-refractivity contribution is 0.602. The highest BCUT2D eigenvalue weighted by atomic mass is 79.9. The average molecular weight is 410 g/mol. The molecule has 24 heavy (non-hydrogen) atoms. The van der Waals surface area contributed by atoms with Crippen LogP contribution in [0, 0.1) is 5.82 Å². The minimum atomic E-state index is -3.33. The molecule has 0 spiro atoms. The normalized spacial score (nSPS) is 11.6. The van der Waals surface area contributed by atoms with E-state index < -0.39 is 9.84 Å². The first-order valence-electron chi connectivity index (χ1n) is 6.97. The zero-order chi connectivity index (χ0) is 17.3. The Morgan fingerprint density at radius 2 is 1.96 bits per heavy atom. The van der Waals surface area contributed by atoms with E-state index >= 15 is 0 Å².